The summed E-state index contributed by atoms with van der Waals surface area (Å²) >= 11 is 3.43. The fourth-order valence-corrected chi connectivity index (χ4v) is 2.45. The number of hydrogen-bond donors (Lipinski definition) is 0. The topological polar surface area (TPSA) is 9.23 Å². The summed E-state index contributed by atoms with van der Waals surface area (Å²) in [5.74, 6) is -0.139. The van der Waals surface area contributed by atoms with Crippen LogP contribution in [0.15, 0.2) is 54.6 Å². The SMILES string of the molecule is Fc1ccccc1C(CBr)COCc1ccccc1. The van der Waals surface area contributed by atoms with E-state index < -0.39 is 0 Å². The van der Waals surface area contributed by atoms with Crippen molar-refractivity contribution in [3.63, 3.8) is 0 Å². The molecule has 0 radical (unpaired) electrons. The zero-order valence-corrected chi connectivity index (χ0v) is 12.1. The van der Waals surface area contributed by atoms with Crippen LogP contribution in [0.3, 0.4) is 0 Å². The molecule has 0 heterocycles. The predicted molar refractivity (Wildman–Crippen MR) is 79.0 cm³/mol. The quantitative estimate of drug-likeness (QED) is 0.710. The van der Waals surface area contributed by atoms with Gasteiger partial charge in [0.25, 0.3) is 0 Å². The van der Waals surface area contributed by atoms with Gasteiger partial charge in [-0.15, -0.1) is 0 Å². The van der Waals surface area contributed by atoms with Gasteiger partial charge in [-0.25, -0.2) is 4.39 Å². The molecule has 0 spiro atoms. The number of ether oxygens (including phenoxy) is 1. The van der Waals surface area contributed by atoms with E-state index in [4.69, 9.17) is 4.74 Å². The molecule has 3 heteroatoms. The van der Waals surface area contributed by atoms with Crippen LogP contribution in [-0.2, 0) is 11.3 Å². The lowest BCUT2D eigenvalue weighted by Crippen LogP contribution is -2.11. The van der Waals surface area contributed by atoms with E-state index in [-0.39, 0.29) is 11.7 Å². The first-order valence-corrected chi connectivity index (χ1v) is 7.35. The molecular weight excluding hydrogens is 307 g/mol. The summed E-state index contributed by atoms with van der Waals surface area (Å²) in [5.41, 5.74) is 1.83. The summed E-state index contributed by atoms with van der Waals surface area (Å²) in [7, 11) is 0. The van der Waals surface area contributed by atoms with E-state index in [1.165, 1.54) is 6.07 Å². The normalized spacial score (nSPS) is 12.3. The Balaban J connectivity index is 1.92. The molecular formula is C16H16BrFO. The number of hydrogen-bond acceptors (Lipinski definition) is 1. The van der Waals surface area contributed by atoms with Crippen molar-refractivity contribution in [3.8, 4) is 0 Å². The minimum Gasteiger partial charge on any atom is -0.376 e. The van der Waals surface area contributed by atoms with Gasteiger partial charge in [0.05, 0.1) is 13.2 Å². The Morgan fingerprint density at radius 3 is 2.37 bits per heavy atom. The summed E-state index contributed by atoms with van der Waals surface area (Å²) in [6, 6.07) is 16.8. The number of halogens is 2. The van der Waals surface area contributed by atoms with Crippen molar-refractivity contribution < 1.29 is 9.13 Å². The molecule has 0 aromatic heterocycles. The van der Waals surface area contributed by atoms with Crippen LogP contribution < -0.4 is 0 Å². The standard InChI is InChI=1S/C16H16BrFO/c17-10-14(15-8-4-5-9-16(15)18)12-19-11-13-6-2-1-3-7-13/h1-9,14H,10-12H2. The lowest BCUT2D eigenvalue weighted by molar-refractivity contribution is 0.111. The van der Waals surface area contributed by atoms with Crippen molar-refractivity contribution in [2.75, 3.05) is 11.9 Å². The average molecular weight is 323 g/mol. The van der Waals surface area contributed by atoms with Gasteiger partial charge in [0.2, 0.25) is 0 Å². The summed E-state index contributed by atoms with van der Waals surface area (Å²) in [6.07, 6.45) is 0. The highest BCUT2D eigenvalue weighted by Gasteiger charge is 2.14. The maximum atomic E-state index is 13.7. The largest absolute Gasteiger partial charge is 0.376 e. The van der Waals surface area contributed by atoms with Crippen LogP contribution >= 0.6 is 15.9 Å². The van der Waals surface area contributed by atoms with Crippen LogP contribution in [0.4, 0.5) is 4.39 Å². The third-order valence-corrected chi connectivity index (χ3v) is 3.74. The fraction of sp³-hybridized carbons (Fsp3) is 0.250. The van der Waals surface area contributed by atoms with Crippen molar-refractivity contribution in [2.24, 2.45) is 0 Å². The van der Waals surface area contributed by atoms with Gasteiger partial charge in [0.1, 0.15) is 5.82 Å². The monoisotopic (exact) mass is 322 g/mol. The van der Waals surface area contributed by atoms with E-state index in [9.17, 15) is 4.39 Å². The highest BCUT2D eigenvalue weighted by molar-refractivity contribution is 9.09. The second-order valence-corrected chi connectivity index (χ2v) is 5.02. The van der Waals surface area contributed by atoms with Gasteiger partial charge in [-0.2, -0.15) is 0 Å². The van der Waals surface area contributed by atoms with Crippen LogP contribution in [0.25, 0.3) is 0 Å². The fourth-order valence-electron chi connectivity index (χ4n) is 1.92. The smallest absolute Gasteiger partial charge is 0.126 e. The van der Waals surface area contributed by atoms with E-state index in [1.54, 1.807) is 6.07 Å². The Morgan fingerprint density at radius 2 is 1.68 bits per heavy atom. The van der Waals surface area contributed by atoms with Crippen LogP contribution in [0.2, 0.25) is 0 Å². The van der Waals surface area contributed by atoms with E-state index in [2.05, 4.69) is 15.9 Å². The molecule has 1 atom stereocenters. The predicted octanol–water partition coefficient (Wildman–Crippen LogP) is 4.52. The van der Waals surface area contributed by atoms with Crippen molar-refractivity contribution >= 4 is 15.9 Å². The number of benzene rings is 2. The Hall–Kier alpha value is -1.19. The van der Waals surface area contributed by atoms with E-state index in [0.29, 0.717) is 24.1 Å². The zero-order valence-electron chi connectivity index (χ0n) is 10.6. The molecule has 2 rings (SSSR count). The van der Waals surface area contributed by atoms with Gasteiger partial charge in [-0.1, -0.05) is 64.5 Å². The summed E-state index contributed by atoms with van der Waals surface area (Å²) in [5, 5.41) is 0.683. The highest BCUT2D eigenvalue weighted by Crippen LogP contribution is 2.22. The second kappa shape index (κ2) is 7.41. The molecule has 0 aliphatic rings. The lowest BCUT2D eigenvalue weighted by Gasteiger charge is -2.15. The molecule has 1 nitrogen and oxygen atoms in total. The lowest BCUT2D eigenvalue weighted by atomic mass is 10.0. The second-order valence-electron chi connectivity index (χ2n) is 4.37. The molecule has 2 aromatic carbocycles. The van der Waals surface area contributed by atoms with Crippen LogP contribution in [0, 0.1) is 5.82 Å². The molecule has 100 valence electrons. The van der Waals surface area contributed by atoms with Crippen molar-refractivity contribution in [3.05, 3.63) is 71.5 Å². The van der Waals surface area contributed by atoms with Gasteiger partial charge in [0, 0.05) is 11.2 Å². The Labute approximate surface area is 121 Å². The third kappa shape index (κ3) is 4.15. The minimum absolute atomic E-state index is 0.0323. The number of rotatable bonds is 6. The first-order valence-electron chi connectivity index (χ1n) is 6.23. The zero-order chi connectivity index (χ0) is 13.5. The first kappa shape index (κ1) is 14.2. The molecule has 0 N–H and O–H groups in total. The maximum absolute atomic E-state index is 13.7. The van der Waals surface area contributed by atoms with Crippen LogP contribution in [0.5, 0.6) is 0 Å². The van der Waals surface area contributed by atoms with Gasteiger partial charge in [0.15, 0.2) is 0 Å². The van der Waals surface area contributed by atoms with Crippen molar-refractivity contribution in [2.45, 2.75) is 12.5 Å². The first-order chi connectivity index (χ1) is 9.31. The molecule has 0 aliphatic carbocycles. The molecule has 0 saturated carbocycles. The van der Waals surface area contributed by atoms with Gasteiger partial charge in [-0.05, 0) is 17.2 Å². The van der Waals surface area contributed by atoms with Crippen LogP contribution in [0.1, 0.15) is 17.0 Å². The minimum atomic E-state index is -0.171. The Kier molecular flexibility index (Phi) is 5.55. The van der Waals surface area contributed by atoms with Crippen molar-refractivity contribution in [1.29, 1.82) is 0 Å². The van der Waals surface area contributed by atoms with Gasteiger partial charge >= 0.3 is 0 Å². The van der Waals surface area contributed by atoms with E-state index in [1.807, 2.05) is 42.5 Å². The molecule has 2 aromatic rings. The molecule has 0 fully saturated rings. The van der Waals surface area contributed by atoms with E-state index >= 15 is 0 Å². The molecule has 1 unspecified atom stereocenters. The molecule has 19 heavy (non-hydrogen) atoms. The summed E-state index contributed by atoms with van der Waals surface area (Å²) in [4.78, 5) is 0. The van der Waals surface area contributed by atoms with Crippen molar-refractivity contribution in [1.82, 2.24) is 0 Å². The Bertz CT molecular complexity index is 501. The summed E-state index contributed by atoms with van der Waals surface area (Å²) < 4.78 is 19.4. The molecule has 0 amide bonds. The highest BCUT2D eigenvalue weighted by atomic mass is 79.9. The van der Waals surface area contributed by atoms with Gasteiger partial charge < -0.3 is 4.74 Å². The molecule has 0 bridgehead atoms. The third-order valence-electron chi connectivity index (χ3n) is 2.96. The average Bonchev–Trinajstić information content (AvgIpc) is 2.46. The molecule has 0 aliphatic heterocycles. The summed E-state index contributed by atoms with van der Waals surface area (Å²) in [6.45, 7) is 1.06. The molecule has 0 saturated heterocycles. The Morgan fingerprint density at radius 1 is 1.00 bits per heavy atom. The maximum Gasteiger partial charge on any atom is 0.126 e. The van der Waals surface area contributed by atoms with E-state index in [0.717, 1.165) is 5.56 Å². The number of alkyl halides is 1. The van der Waals surface area contributed by atoms with Gasteiger partial charge in [-0.3, -0.25) is 0 Å². The van der Waals surface area contributed by atoms with Crippen LogP contribution in [-0.4, -0.2) is 11.9 Å².